The molecule has 4 N–H and O–H groups in total. The Kier molecular flexibility index (Phi) is 4.04. The third-order valence-electron chi connectivity index (χ3n) is 3.98. The monoisotopic (exact) mass is 224 g/mol. The average Bonchev–Trinajstić information content (AvgIpc) is 2.89. The van der Waals surface area contributed by atoms with Crippen LogP contribution in [0, 0.1) is 11.8 Å². The standard InChI is InChI=1S/C12H24N4/c1-2-3-6-14-12(16-13)15-11-8-9-4-5-10(11)7-9/h9-11H,2-8,13H2,1H3,(H2,14,15,16). The maximum absolute atomic E-state index is 5.49. The maximum Gasteiger partial charge on any atom is 0.205 e. The molecule has 3 unspecified atom stereocenters. The predicted molar refractivity (Wildman–Crippen MR) is 66.9 cm³/mol. The normalized spacial score (nSPS) is 33.1. The molecular formula is C12H24N4. The van der Waals surface area contributed by atoms with Crippen LogP contribution >= 0.6 is 0 Å². The summed E-state index contributed by atoms with van der Waals surface area (Å²) in [5.74, 6) is 8.08. The van der Waals surface area contributed by atoms with Crippen molar-refractivity contribution in [2.75, 3.05) is 6.54 Å². The molecule has 0 aromatic heterocycles. The van der Waals surface area contributed by atoms with Gasteiger partial charge in [0.05, 0.1) is 0 Å². The van der Waals surface area contributed by atoms with Gasteiger partial charge < -0.3 is 5.32 Å². The van der Waals surface area contributed by atoms with Gasteiger partial charge in [-0.05, 0) is 37.5 Å². The zero-order valence-corrected chi connectivity index (χ0v) is 10.2. The van der Waals surface area contributed by atoms with Crippen LogP contribution < -0.4 is 16.6 Å². The Labute approximate surface area is 98.0 Å². The molecular weight excluding hydrogens is 200 g/mol. The lowest BCUT2D eigenvalue weighted by molar-refractivity contribution is 0.387. The number of hydrogen-bond acceptors (Lipinski definition) is 2. The topological polar surface area (TPSA) is 62.4 Å². The molecule has 0 amide bonds. The Balaban J connectivity index is 1.80. The van der Waals surface area contributed by atoms with E-state index in [0.29, 0.717) is 6.04 Å². The molecule has 0 saturated heterocycles. The molecule has 0 aliphatic heterocycles. The second kappa shape index (κ2) is 5.53. The Bertz CT molecular complexity index is 251. The maximum atomic E-state index is 5.49. The average molecular weight is 224 g/mol. The lowest BCUT2D eigenvalue weighted by atomic mass is 9.95. The zero-order chi connectivity index (χ0) is 11.4. The van der Waals surface area contributed by atoms with E-state index in [9.17, 15) is 0 Å². The molecule has 2 aliphatic carbocycles. The second-order valence-electron chi connectivity index (χ2n) is 5.15. The summed E-state index contributed by atoms with van der Waals surface area (Å²) in [5, 5.41) is 3.47. The fourth-order valence-electron chi connectivity index (χ4n) is 3.08. The van der Waals surface area contributed by atoms with Gasteiger partial charge in [-0.15, -0.1) is 0 Å². The van der Waals surface area contributed by atoms with E-state index in [1.807, 2.05) is 0 Å². The molecule has 4 heteroatoms. The summed E-state index contributed by atoms with van der Waals surface area (Å²) in [6.45, 7) is 3.04. The molecule has 16 heavy (non-hydrogen) atoms. The van der Waals surface area contributed by atoms with E-state index in [-0.39, 0.29) is 0 Å². The lowest BCUT2D eigenvalue weighted by Crippen LogP contribution is -2.48. The summed E-state index contributed by atoms with van der Waals surface area (Å²) in [6.07, 6.45) is 7.83. The summed E-state index contributed by atoms with van der Waals surface area (Å²) < 4.78 is 0. The number of nitrogens with zero attached hydrogens (tertiary/aromatic N) is 1. The van der Waals surface area contributed by atoms with Crippen LogP contribution in [-0.2, 0) is 0 Å². The van der Waals surface area contributed by atoms with Crippen molar-refractivity contribution in [1.29, 1.82) is 0 Å². The van der Waals surface area contributed by atoms with E-state index in [4.69, 9.17) is 5.84 Å². The van der Waals surface area contributed by atoms with Crippen LogP contribution in [0.5, 0.6) is 0 Å². The van der Waals surface area contributed by atoms with E-state index >= 15 is 0 Å². The summed E-state index contributed by atoms with van der Waals surface area (Å²) in [4.78, 5) is 4.45. The van der Waals surface area contributed by atoms with Crippen LogP contribution in [0.3, 0.4) is 0 Å². The molecule has 0 aromatic carbocycles. The predicted octanol–water partition coefficient (Wildman–Crippen LogP) is 1.38. The van der Waals surface area contributed by atoms with Crippen molar-refractivity contribution in [2.45, 2.75) is 51.5 Å². The molecule has 2 saturated carbocycles. The van der Waals surface area contributed by atoms with Gasteiger partial charge in [0.2, 0.25) is 5.96 Å². The molecule has 92 valence electrons. The number of guanidine groups is 1. The van der Waals surface area contributed by atoms with Gasteiger partial charge in [0, 0.05) is 12.6 Å². The SMILES string of the molecule is CCCCN=C(NN)NC1CC2CCC1C2. The first kappa shape index (κ1) is 11.7. The van der Waals surface area contributed by atoms with Crippen LogP contribution in [0.2, 0.25) is 0 Å². The molecule has 3 atom stereocenters. The molecule has 0 heterocycles. The molecule has 4 nitrogen and oxygen atoms in total. The highest BCUT2D eigenvalue weighted by atomic mass is 15.3. The fourth-order valence-corrected chi connectivity index (χ4v) is 3.08. The molecule has 0 radical (unpaired) electrons. The number of aliphatic imine (C=N–C) groups is 1. The number of nitrogens with one attached hydrogen (secondary N) is 2. The lowest BCUT2D eigenvalue weighted by Gasteiger charge is -2.24. The number of hydrazine groups is 1. The summed E-state index contributed by atoms with van der Waals surface area (Å²) in [6, 6.07) is 0.607. The first-order valence-electron chi connectivity index (χ1n) is 6.61. The third kappa shape index (κ3) is 2.67. The largest absolute Gasteiger partial charge is 0.352 e. The number of fused-ring (bicyclic) bond motifs is 2. The highest BCUT2D eigenvalue weighted by Gasteiger charge is 2.39. The first-order valence-corrected chi connectivity index (χ1v) is 6.61. The minimum Gasteiger partial charge on any atom is -0.352 e. The molecule has 2 fully saturated rings. The number of hydrogen-bond donors (Lipinski definition) is 3. The highest BCUT2D eigenvalue weighted by molar-refractivity contribution is 5.79. The Morgan fingerprint density at radius 1 is 1.38 bits per heavy atom. The van der Waals surface area contributed by atoms with E-state index in [1.54, 1.807) is 0 Å². The van der Waals surface area contributed by atoms with Gasteiger partial charge in [-0.1, -0.05) is 19.8 Å². The van der Waals surface area contributed by atoms with E-state index in [2.05, 4.69) is 22.7 Å². The van der Waals surface area contributed by atoms with Gasteiger partial charge in [-0.3, -0.25) is 10.4 Å². The Morgan fingerprint density at radius 3 is 2.81 bits per heavy atom. The van der Waals surface area contributed by atoms with E-state index < -0.39 is 0 Å². The van der Waals surface area contributed by atoms with Crippen molar-refractivity contribution < 1.29 is 0 Å². The van der Waals surface area contributed by atoms with E-state index in [1.165, 1.54) is 32.1 Å². The fraction of sp³-hybridized carbons (Fsp3) is 0.917. The zero-order valence-electron chi connectivity index (χ0n) is 10.2. The molecule has 2 aliphatic rings. The van der Waals surface area contributed by atoms with Crippen molar-refractivity contribution in [3.8, 4) is 0 Å². The second-order valence-corrected chi connectivity index (χ2v) is 5.15. The van der Waals surface area contributed by atoms with Gasteiger partial charge in [0.15, 0.2) is 0 Å². The number of nitrogens with two attached hydrogens (primary N) is 1. The van der Waals surface area contributed by atoms with Crippen LogP contribution in [0.1, 0.15) is 45.4 Å². The quantitative estimate of drug-likeness (QED) is 0.222. The van der Waals surface area contributed by atoms with Gasteiger partial charge in [0.25, 0.3) is 0 Å². The smallest absolute Gasteiger partial charge is 0.205 e. The van der Waals surface area contributed by atoms with Gasteiger partial charge in [-0.25, -0.2) is 5.84 Å². The van der Waals surface area contributed by atoms with Gasteiger partial charge in [-0.2, -0.15) is 0 Å². The van der Waals surface area contributed by atoms with Crippen molar-refractivity contribution in [1.82, 2.24) is 10.7 Å². The first-order chi connectivity index (χ1) is 7.83. The molecule has 0 aromatic rings. The number of rotatable bonds is 4. The van der Waals surface area contributed by atoms with Crippen molar-refractivity contribution >= 4 is 5.96 Å². The minimum absolute atomic E-state index is 0.607. The molecule has 2 bridgehead atoms. The van der Waals surface area contributed by atoms with Crippen LogP contribution in [0.25, 0.3) is 0 Å². The van der Waals surface area contributed by atoms with Gasteiger partial charge in [0.1, 0.15) is 0 Å². The Hall–Kier alpha value is -0.770. The summed E-state index contributed by atoms with van der Waals surface area (Å²) in [5.41, 5.74) is 2.69. The minimum atomic E-state index is 0.607. The summed E-state index contributed by atoms with van der Waals surface area (Å²) >= 11 is 0. The highest BCUT2D eigenvalue weighted by Crippen LogP contribution is 2.44. The van der Waals surface area contributed by atoms with Crippen LogP contribution in [0.15, 0.2) is 4.99 Å². The third-order valence-corrected chi connectivity index (χ3v) is 3.98. The van der Waals surface area contributed by atoms with Crippen molar-refractivity contribution in [3.05, 3.63) is 0 Å². The van der Waals surface area contributed by atoms with Crippen LogP contribution in [0.4, 0.5) is 0 Å². The van der Waals surface area contributed by atoms with Gasteiger partial charge >= 0.3 is 0 Å². The number of unbranched alkanes of at least 4 members (excludes halogenated alkanes) is 1. The van der Waals surface area contributed by atoms with Crippen LogP contribution in [-0.4, -0.2) is 18.5 Å². The summed E-state index contributed by atoms with van der Waals surface area (Å²) in [7, 11) is 0. The van der Waals surface area contributed by atoms with Crippen molar-refractivity contribution in [3.63, 3.8) is 0 Å². The Morgan fingerprint density at radius 2 is 2.25 bits per heavy atom. The molecule has 2 rings (SSSR count). The van der Waals surface area contributed by atoms with Crippen molar-refractivity contribution in [2.24, 2.45) is 22.7 Å². The van der Waals surface area contributed by atoms with E-state index in [0.717, 1.165) is 30.8 Å². The molecule has 0 spiro atoms.